The van der Waals surface area contributed by atoms with E-state index in [-0.39, 0.29) is 17.8 Å². The largest absolute Gasteiger partial charge is 0.367 e. The first-order chi connectivity index (χ1) is 22.5. The highest BCUT2D eigenvalue weighted by Crippen LogP contribution is 2.35. The van der Waals surface area contributed by atoms with Gasteiger partial charge in [0.25, 0.3) is 5.91 Å². The van der Waals surface area contributed by atoms with Gasteiger partial charge in [-0.25, -0.2) is 13.9 Å². The highest BCUT2D eigenvalue weighted by atomic mass is 19.1. The van der Waals surface area contributed by atoms with Gasteiger partial charge in [-0.05, 0) is 79.1 Å². The molecule has 1 fully saturated rings. The third kappa shape index (κ3) is 4.84. The number of pyridine rings is 3. The lowest BCUT2D eigenvalue weighted by Gasteiger charge is -2.32. The van der Waals surface area contributed by atoms with E-state index in [0.29, 0.717) is 43.0 Å². The van der Waals surface area contributed by atoms with Crippen molar-refractivity contribution in [1.29, 1.82) is 5.41 Å². The molecule has 1 amide bonds. The molecule has 46 heavy (non-hydrogen) atoms. The van der Waals surface area contributed by atoms with Gasteiger partial charge in [0.05, 0.1) is 11.0 Å². The minimum absolute atomic E-state index is 0.0452. The zero-order valence-electron chi connectivity index (χ0n) is 24.7. The first-order valence-electron chi connectivity index (χ1n) is 15.2. The highest BCUT2D eigenvalue weighted by Gasteiger charge is 2.27. The van der Waals surface area contributed by atoms with Crippen molar-refractivity contribution in [2.24, 2.45) is 0 Å². The smallest absolute Gasteiger partial charge is 0.274 e. The number of nitrogens with zero attached hydrogens (tertiary/aromatic N) is 5. The van der Waals surface area contributed by atoms with Gasteiger partial charge >= 0.3 is 0 Å². The Kier molecular flexibility index (Phi) is 6.75. The van der Waals surface area contributed by atoms with Crippen molar-refractivity contribution in [3.63, 3.8) is 0 Å². The Hall–Kier alpha value is -5.90. The molecule has 6 heterocycles. The summed E-state index contributed by atoms with van der Waals surface area (Å²) in [6.07, 6.45) is 8.43. The van der Waals surface area contributed by atoms with Gasteiger partial charge in [0.15, 0.2) is 5.69 Å². The third-order valence-electron chi connectivity index (χ3n) is 8.77. The fourth-order valence-corrected chi connectivity index (χ4v) is 6.41. The van der Waals surface area contributed by atoms with E-state index < -0.39 is 0 Å². The minimum atomic E-state index is -0.307. The summed E-state index contributed by atoms with van der Waals surface area (Å²) in [5.74, 6) is -0.101. The summed E-state index contributed by atoms with van der Waals surface area (Å²) in [7, 11) is 0. The van der Waals surface area contributed by atoms with Gasteiger partial charge in [0.1, 0.15) is 17.3 Å². The number of benzene rings is 2. The van der Waals surface area contributed by atoms with Crippen LogP contribution in [0.5, 0.6) is 0 Å². The first kappa shape index (κ1) is 27.6. The number of fused-ring (bicyclic) bond motifs is 4. The van der Waals surface area contributed by atoms with Crippen molar-refractivity contribution >= 4 is 39.1 Å². The molecule has 226 valence electrons. The predicted molar refractivity (Wildman–Crippen MR) is 176 cm³/mol. The SMILES string of the molecule is N=C(NC1CCN(C(=O)c2nccc3c2[nH]c2ccccc23)CC1)c1ccc2c(-c3ccncc3)c(-c3ccc(F)cc3)nn2c1. The molecule has 7 aromatic rings. The highest BCUT2D eigenvalue weighted by molar-refractivity contribution is 6.13. The number of hydrogen-bond donors (Lipinski definition) is 3. The Morgan fingerprint density at radius 3 is 2.48 bits per heavy atom. The molecule has 3 N–H and O–H groups in total. The van der Waals surface area contributed by atoms with E-state index in [1.807, 2.05) is 65.7 Å². The van der Waals surface area contributed by atoms with Crippen LogP contribution < -0.4 is 5.32 Å². The number of amidine groups is 1. The van der Waals surface area contributed by atoms with Crippen molar-refractivity contribution in [1.82, 2.24) is 34.8 Å². The summed E-state index contributed by atoms with van der Waals surface area (Å²) in [6.45, 7) is 1.13. The monoisotopic (exact) mass is 608 g/mol. The molecule has 5 aromatic heterocycles. The van der Waals surface area contributed by atoms with Crippen molar-refractivity contribution in [3.05, 3.63) is 121 Å². The second-order valence-corrected chi connectivity index (χ2v) is 11.6. The molecule has 0 bridgehead atoms. The fourth-order valence-electron chi connectivity index (χ4n) is 6.41. The molecule has 9 nitrogen and oxygen atoms in total. The third-order valence-corrected chi connectivity index (χ3v) is 8.77. The van der Waals surface area contributed by atoms with Crippen LogP contribution in [0.2, 0.25) is 0 Å². The molecule has 0 spiro atoms. The lowest BCUT2D eigenvalue weighted by Crippen LogP contribution is -2.46. The number of para-hydroxylation sites is 1. The second-order valence-electron chi connectivity index (χ2n) is 11.6. The first-order valence-corrected chi connectivity index (χ1v) is 15.2. The lowest BCUT2D eigenvalue weighted by atomic mass is 10.0. The molecule has 8 rings (SSSR count). The molecular formula is C36H29FN8O. The van der Waals surface area contributed by atoms with Gasteiger partial charge in [-0.2, -0.15) is 5.10 Å². The van der Waals surface area contributed by atoms with Gasteiger partial charge in [-0.15, -0.1) is 0 Å². The van der Waals surface area contributed by atoms with Crippen LogP contribution in [0.25, 0.3) is 49.7 Å². The summed E-state index contributed by atoms with van der Waals surface area (Å²) in [6, 6.07) is 24.0. The van der Waals surface area contributed by atoms with Gasteiger partial charge in [0, 0.05) is 76.9 Å². The average Bonchev–Trinajstić information content (AvgIpc) is 3.67. The number of H-pyrrole nitrogens is 1. The van der Waals surface area contributed by atoms with E-state index in [2.05, 4.69) is 20.3 Å². The average molecular weight is 609 g/mol. The van der Waals surface area contributed by atoms with Crippen LogP contribution in [0.15, 0.2) is 104 Å². The molecule has 10 heteroatoms. The van der Waals surface area contributed by atoms with E-state index >= 15 is 0 Å². The summed E-state index contributed by atoms with van der Waals surface area (Å²) in [5, 5.41) is 19.2. The lowest BCUT2D eigenvalue weighted by molar-refractivity contribution is 0.0706. The maximum absolute atomic E-state index is 13.7. The maximum Gasteiger partial charge on any atom is 0.274 e. The van der Waals surface area contributed by atoms with Crippen LogP contribution in [0.3, 0.4) is 0 Å². The Bertz CT molecular complexity index is 2250. The minimum Gasteiger partial charge on any atom is -0.367 e. The molecular weight excluding hydrogens is 579 g/mol. The number of nitrogens with one attached hydrogen (secondary N) is 3. The maximum atomic E-state index is 13.7. The molecule has 0 atom stereocenters. The van der Waals surface area contributed by atoms with Gasteiger partial charge in [-0.3, -0.25) is 15.2 Å². The number of aromatic amines is 1. The van der Waals surface area contributed by atoms with Crippen molar-refractivity contribution < 1.29 is 9.18 Å². The summed E-state index contributed by atoms with van der Waals surface area (Å²) < 4.78 is 15.5. The van der Waals surface area contributed by atoms with Crippen LogP contribution in [0.4, 0.5) is 4.39 Å². The van der Waals surface area contributed by atoms with Gasteiger partial charge < -0.3 is 15.2 Å². The van der Waals surface area contributed by atoms with Crippen molar-refractivity contribution in [3.8, 4) is 22.4 Å². The number of piperidine rings is 1. The number of hydrogen-bond acceptors (Lipinski definition) is 5. The van der Waals surface area contributed by atoms with Crippen LogP contribution in [0.1, 0.15) is 28.9 Å². The predicted octanol–water partition coefficient (Wildman–Crippen LogP) is 6.45. The number of amides is 1. The van der Waals surface area contributed by atoms with Crippen LogP contribution >= 0.6 is 0 Å². The molecule has 0 radical (unpaired) electrons. The molecule has 1 aliphatic rings. The zero-order chi connectivity index (χ0) is 31.2. The number of likely N-dealkylation sites (tertiary alicyclic amines) is 1. The number of carbonyl (C=O) groups excluding carboxylic acids is 1. The number of rotatable bonds is 5. The molecule has 1 saturated heterocycles. The van der Waals surface area contributed by atoms with Crippen LogP contribution in [0, 0.1) is 11.2 Å². The molecule has 0 unspecified atom stereocenters. The van der Waals surface area contributed by atoms with E-state index in [4.69, 9.17) is 10.5 Å². The Labute approximate surface area is 263 Å². The van der Waals surface area contributed by atoms with Gasteiger partial charge in [-0.1, -0.05) is 18.2 Å². The number of halogens is 1. The van der Waals surface area contributed by atoms with Crippen LogP contribution in [-0.2, 0) is 0 Å². The van der Waals surface area contributed by atoms with Gasteiger partial charge in [0.2, 0.25) is 0 Å². The molecule has 2 aromatic carbocycles. The second kappa shape index (κ2) is 11.2. The van der Waals surface area contributed by atoms with E-state index in [0.717, 1.165) is 49.7 Å². The Balaban J connectivity index is 0.996. The quantitative estimate of drug-likeness (QED) is 0.153. The summed E-state index contributed by atoms with van der Waals surface area (Å²) >= 11 is 0. The Morgan fingerprint density at radius 1 is 0.891 bits per heavy atom. The topological polar surface area (TPSA) is 115 Å². The summed E-state index contributed by atoms with van der Waals surface area (Å²) in [5.41, 5.74) is 7.11. The van der Waals surface area contributed by atoms with Crippen molar-refractivity contribution in [2.45, 2.75) is 18.9 Å². The van der Waals surface area contributed by atoms with E-state index in [1.165, 1.54) is 12.1 Å². The number of carbonyl (C=O) groups is 1. The molecule has 1 aliphatic heterocycles. The molecule has 0 saturated carbocycles. The van der Waals surface area contributed by atoms with E-state index in [9.17, 15) is 9.18 Å². The van der Waals surface area contributed by atoms with Crippen LogP contribution in [-0.4, -0.2) is 60.3 Å². The number of aromatic nitrogens is 5. The normalized spacial score (nSPS) is 13.9. The van der Waals surface area contributed by atoms with Crippen molar-refractivity contribution in [2.75, 3.05) is 13.1 Å². The summed E-state index contributed by atoms with van der Waals surface area (Å²) in [4.78, 5) is 27.4. The zero-order valence-corrected chi connectivity index (χ0v) is 24.7. The Morgan fingerprint density at radius 2 is 1.67 bits per heavy atom. The standard InChI is InChI=1S/C36H29FN8O/c37-25-8-5-23(6-9-25)32-31(22-11-16-39-17-12-22)30-10-7-24(21-45(30)43-32)35(38)41-26-14-19-44(20-15-26)36(46)34-33-28(13-18-40-34)27-3-1-2-4-29(27)42-33/h1-13,16-18,21,26,42H,14-15,19-20H2,(H2,38,41). The van der Waals surface area contributed by atoms with E-state index in [1.54, 1.807) is 35.2 Å². The molecule has 0 aliphatic carbocycles. The fraction of sp³-hybridized carbons (Fsp3) is 0.139.